The maximum atomic E-state index is 13.6. The Morgan fingerprint density at radius 3 is 2.62 bits per heavy atom. The van der Waals surface area contributed by atoms with Gasteiger partial charge in [0.1, 0.15) is 5.75 Å². The van der Waals surface area contributed by atoms with E-state index in [2.05, 4.69) is 22.2 Å². The van der Waals surface area contributed by atoms with Crippen molar-refractivity contribution in [3.63, 3.8) is 0 Å². The van der Waals surface area contributed by atoms with Gasteiger partial charge in [0.2, 0.25) is 5.82 Å². The normalized spacial score (nSPS) is 14.5. The van der Waals surface area contributed by atoms with Crippen LogP contribution in [0, 0.1) is 15.9 Å². The number of amides is 1. The van der Waals surface area contributed by atoms with Crippen LogP contribution in [-0.4, -0.2) is 55.6 Å². The Bertz CT molecular complexity index is 885. The third-order valence-electron chi connectivity index (χ3n) is 4.80. The van der Waals surface area contributed by atoms with Crippen LogP contribution in [0.25, 0.3) is 0 Å². The molecule has 8 nitrogen and oxygen atoms in total. The van der Waals surface area contributed by atoms with Crippen molar-refractivity contribution >= 4 is 17.3 Å². The number of benzene rings is 2. The molecular formula is C20H23FN4O4. The molecule has 29 heavy (non-hydrogen) atoms. The van der Waals surface area contributed by atoms with E-state index in [1.165, 1.54) is 6.07 Å². The fraction of sp³-hybridized carbons (Fsp3) is 0.350. The lowest BCUT2D eigenvalue weighted by Gasteiger charge is -2.35. The van der Waals surface area contributed by atoms with Crippen molar-refractivity contribution in [1.82, 2.24) is 10.2 Å². The smallest absolute Gasteiger partial charge is 0.305 e. The largest absolute Gasteiger partial charge is 0.484 e. The first kappa shape index (κ1) is 20.5. The molecule has 2 aromatic rings. The third kappa shape index (κ3) is 5.41. The lowest BCUT2D eigenvalue weighted by Crippen LogP contribution is -2.45. The van der Waals surface area contributed by atoms with Crippen molar-refractivity contribution in [3.05, 3.63) is 64.0 Å². The number of carbonyl (C=O) groups excluding carboxylic acids is 1. The molecule has 1 aliphatic rings. The van der Waals surface area contributed by atoms with Crippen LogP contribution in [0.5, 0.6) is 5.75 Å². The highest BCUT2D eigenvalue weighted by Gasteiger charge is 2.17. The van der Waals surface area contributed by atoms with E-state index < -0.39 is 16.4 Å². The summed E-state index contributed by atoms with van der Waals surface area (Å²) in [4.78, 5) is 26.5. The van der Waals surface area contributed by atoms with Crippen LogP contribution in [0.15, 0.2) is 42.5 Å². The summed E-state index contributed by atoms with van der Waals surface area (Å²) in [6.07, 6.45) is 0. The zero-order valence-corrected chi connectivity index (χ0v) is 16.1. The van der Waals surface area contributed by atoms with Crippen LogP contribution in [0.4, 0.5) is 15.8 Å². The molecule has 1 fully saturated rings. The number of nitrogens with one attached hydrogen (secondary N) is 1. The molecule has 0 bridgehead atoms. The number of anilines is 1. The van der Waals surface area contributed by atoms with Crippen molar-refractivity contribution in [3.8, 4) is 5.75 Å². The molecule has 2 aromatic carbocycles. The average molecular weight is 402 g/mol. The number of likely N-dealkylation sites (N-methyl/N-ethyl adjacent to an activating group) is 1. The maximum absolute atomic E-state index is 13.6. The van der Waals surface area contributed by atoms with Crippen molar-refractivity contribution < 1.29 is 18.8 Å². The quantitative estimate of drug-likeness (QED) is 0.564. The topological polar surface area (TPSA) is 88.0 Å². The first-order valence-electron chi connectivity index (χ1n) is 9.29. The van der Waals surface area contributed by atoms with Gasteiger partial charge in [0.05, 0.1) is 4.92 Å². The average Bonchev–Trinajstić information content (AvgIpc) is 2.71. The van der Waals surface area contributed by atoms with E-state index in [1.54, 1.807) is 0 Å². The SMILES string of the molecule is CN1CCN(c2ccccc2CNC(=O)COc2ccc([N+](=O)[O-])c(F)c2)CC1. The van der Waals surface area contributed by atoms with Crippen LogP contribution in [-0.2, 0) is 11.3 Å². The molecule has 9 heteroatoms. The summed E-state index contributed by atoms with van der Waals surface area (Å²) in [6.45, 7) is 3.86. The number of piperazine rings is 1. The summed E-state index contributed by atoms with van der Waals surface area (Å²) < 4.78 is 18.8. The highest BCUT2D eigenvalue weighted by Crippen LogP contribution is 2.23. The molecule has 0 radical (unpaired) electrons. The van der Waals surface area contributed by atoms with Gasteiger partial charge >= 0.3 is 5.69 Å². The van der Waals surface area contributed by atoms with Gasteiger partial charge in [-0.1, -0.05) is 18.2 Å². The minimum absolute atomic E-state index is 0.0566. The molecule has 0 spiro atoms. The molecule has 3 rings (SSSR count). The minimum Gasteiger partial charge on any atom is -0.484 e. The fourth-order valence-corrected chi connectivity index (χ4v) is 3.14. The van der Waals surface area contributed by atoms with Gasteiger partial charge < -0.3 is 19.9 Å². The van der Waals surface area contributed by atoms with E-state index in [-0.39, 0.29) is 18.3 Å². The first-order valence-corrected chi connectivity index (χ1v) is 9.29. The summed E-state index contributed by atoms with van der Waals surface area (Å²) in [7, 11) is 2.10. The number of ether oxygens (including phenoxy) is 1. The first-order chi connectivity index (χ1) is 13.9. The molecule has 0 atom stereocenters. The second-order valence-corrected chi connectivity index (χ2v) is 6.85. The Hall–Kier alpha value is -3.20. The number of carbonyl (C=O) groups is 1. The number of halogens is 1. The van der Waals surface area contributed by atoms with Crippen molar-refractivity contribution in [2.24, 2.45) is 0 Å². The Kier molecular flexibility index (Phi) is 6.61. The number of hydrogen-bond donors (Lipinski definition) is 1. The number of para-hydroxylation sites is 1. The second-order valence-electron chi connectivity index (χ2n) is 6.85. The van der Waals surface area contributed by atoms with Gasteiger partial charge in [-0.2, -0.15) is 4.39 Å². The van der Waals surface area contributed by atoms with Crippen molar-refractivity contribution in [1.29, 1.82) is 0 Å². The molecule has 0 aliphatic carbocycles. The van der Waals surface area contributed by atoms with Gasteiger partial charge in [-0.05, 0) is 24.7 Å². The summed E-state index contributed by atoms with van der Waals surface area (Å²) in [5.41, 5.74) is 1.47. The van der Waals surface area contributed by atoms with Crippen LogP contribution < -0.4 is 15.0 Å². The van der Waals surface area contributed by atoms with Gasteiger partial charge in [-0.3, -0.25) is 14.9 Å². The standard InChI is InChI=1S/C20H23FN4O4/c1-23-8-10-24(11-9-23)18-5-3-2-4-15(18)13-22-20(26)14-29-16-6-7-19(25(27)28)17(21)12-16/h2-7,12H,8-11,13-14H2,1H3,(H,22,26). The van der Waals surface area contributed by atoms with Crippen molar-refractivity contribution in [2.45, 2.75) is 6.54 Å². The van der Waals surface area contributed by atoms with E-state index in [0.717, 1.165) is 49.6 Å². The van der Waals surface area contributed by atoms with Crippen LogP contribution in [0.2, 0.25) is 0 Å². The molecule has 1 saturated heterocycles. The third-order valence-corrected chi connectivity index (χ3v) is 4.80. The monoisotopic (exact) mass is 402 g/mol. The second kappa shape index (κ2) is 9.33. The fourth-order valence-electron chi connectivity index (χ4n) is 3.14. The Morgan fingerprint density at radius 2 is 1.93 bits per heavy atom. The Morgan fingerprint density at radius 1 is 1.21 bits per heavy atom. The van der Waals surface area contributed by atoms with E-state index in [0.29, 0.717) is 6.54 Å². The number of nitrogens with zero attached hydrogens (tertiary/aromatic N) is 3. The lowest BCUT2D eigenvalue weighted by atomic mass is 10.1. The van der Waals surface area contributed by atoms with Crippen LogP contribution in [0.3, 0.4) is 0 Å². The molecule has 154 valence electrons. The Balaban J connectivity index is 1.53. The maximum Gasteiger partial charge on any atom is 0.305 e. The van der Waals surface area contributed by atoms with Crippen molar-refractivity contribution in [2.75, 3.05) is 44.7 Å². The van der Waals surface area contributed by atoms with E-state index in [9.17, 15) is 19.3 Å². The van der Waals surface area contributed by atoms with Crippen LogP contribution >= 0.6 is 0 Å². The van der Waals surface area contributed by atoms with Gasteiger partial charge in [0.15, 0.2) is 6.61 Å². The van der Waals surface area contributed by atoms with Gasteiger partial charge in [-0.15, -0.1) is 0 Å². The van der Waals surface area contributed by atoms with Gasteiger partial charge in [-0.25, -0.2) is 0 Å². The van der Waals surface area contributed by atoms with Gasteiger partial charge in [0, 0.05) is 50.5 Å². The predicted molar refractivity (Wildman–Crippen MR) is 107 cm³/mol. The van der Waals surface area contributed by atoms with E-state index in [4.69, 9.17) is 4.74 Å². The molecule has 1 heterocycles. The zero-order chi connectivity index (χ0) is 20.8. The minimum atomic E-state index is -1.01. The number of nitro benzene ring substituents is 1. The molecule has 1 aliphatic heterocycles. The van der Waals surface area contributed by atoms with Gasteiger partial charge in [0.25, 0.3) is 5.91 Å². The summed E-state index contributed by atoms with van der Waals surface area (Å²) in [5.74, 6) is -1.31. The molecular weight excluding hydrogens is 379 g/mol. The summed E-state index contributed by atoms with van der Waals surface area (Å²) in [6, 6.07) is 11.1. The number of rotatable bonds is 7. The summed E-state index contributed by atoms with van der Waals surface area (Å²) >= 11 is 0. The molecule has 0 saturated carbocycles. The van der Waals surface area contributed by atoms with E-state index in [1.807, 2.05) is 24.3 Å². The number of nitro groups is 1. The molecule has 1 N–H and O–H groups in total. The van der Waals surface area contributed by atoms with Crippen LogP contribution in [0.1, 0.15) is 5.56 Å². The number of hydrogen-bond acceptors (Lipinski definition) is 6. The highest BCUT2D eigenvalue weighted by atomic mass is 19.1. The Labute approximate surface area is 168 Å². The molecule has 1 amide bonds. The highest BCUT2D eigenvalue weighted by molar-refractivity contribution is 5.77. The molecule has 0 aromatic heterocycles. The lowest BCUT2D eigenvalue weighted by molar-refractivity contribution is -0.387. The van der Waals surface area contributed by atoms with E-state index >= 15 is 0 Å². The summed E-state index contributed by atoms with van der Waals surface area (Å²) in [5, 5.41) is 13.4. The predicted octanol–water partition coefficient (Wildman–Crippen LogP) is 2.18. The molecule has 0 unspecified atom stereocenters. The zero-order valence-electron chi connectivity index (χ0n) is 16.1.